The van der Waals surface area contributed by atoms with E-state index in [1.165, 1.54) is 4.90 Å². The van der Waals surface area contributed by atoms with Gasteiger partial charge >= 0.3 is 6.03 Å². The number of amides is 2. The van der Waals surface area contributed by atoms with Crippen LogP contribution in [0.5, 0.6) is 5.75 Å². The van der Waals surface area contributed by atoms with Crippen LogP contribution in [0.2, 0.25) is 0 Å². The number of para-hydroxylation sites is 1. The van der Waals surface area contributed by atoms with Crippen LogP contribution in [0.3, 0.4) is 0 Å². The van der Waals surface area contributed by atoms with E-state index >= 15 is 0 Å². The Morgan fingerprint density at radius 3 is 2.69 bits per heavy atom. The molecule has 16 heavy (non-hydrogen) atoms. The molecule has 3 N–H and O–H groups in total. The number of nitrogens with zero attached hydrogens (tertiary/aromatic N) is 1. The van der Waals surface area contributed by atoms with Gasteiger partial charge in [-0.15, -0.1) is 0 Å². The summed E-state index contributed by atoms with van der Waals surface area (Å²) >= 11 is 0. The number of ether oxygens (including phenoxy) is 1. The first-order chi connectivity index (χ1) is 7.60. The summed E-state index contributed by atoms with van der Waals surface area (Å²) in [4.78, 5) is 13.0. The van der Waals surface area contributed by atoms with Crippen LogP contribution in [0, 0.1) is 0 Å². The fourth-order valence-corrected chi connectivity index (χ4v) is 1.28. The van der Waals surface area contributed by atoms with Crippen molar-refractivity contribution in [1.82, 2.24) is 4.90 Å². The Morgan fingerprint density at radius 1 is 1.50 bits per heavy atom. The Kier molecular flexibility index (Phi) is 4.13. The Balaban J connectivity index is 3.04. The van der Waals surface area contributed by atoms with Gasteiger partial charge in [-0.3, -0.25) is 0 Å². The second-order valence-electron chi connectivity index (χ2n) is 3.52. The van der Waals surface area contributed by atoms with E-state index < -0.39 is 0 Å². The van der Waals surface area contributed by atoms with E-state index in [0.29, 0.717) is 18.0 Å². The summed E-state index contributed by atoms with van der Waals surface area (Å²) in [7, 11) is 4.90. The average molecular weight is 223 g/mol. The van der Waals surface area contributed by atoms with Gasteiger partial charge in [0.2, 0.25) is 0 Å². The number of hydrogen-bond donors (Lipinski definition) is 2. The van der Waals surface area contributed by atoms with Crippen molar-refractivity contribution in [1.29, 1.82) is 0 Å². The number of urea groups is 1. The first-order valence-electron chi connectivity index (χ1n) is 4.94. The van der Waals surface area contributed by atoms with Crippen molar-refractivity contribution in [3.05, 3.63) is 23.8 Å². The lowest BCUT2D eigenvalue weighted by Crippen LogP contribution is -2.28. The van der Waals surface area contributed by atoms with Crippen molar-refractivity contribution >= 4 is 11.7 Å². The fraction of sp³-hybridized carbons (Fsp3) is 0.364. The minimum Gasteiger partial charge on any atom is -0.495 e. The van der Waals surface area contributed by atoms with E-state index in [-0.39, 0.29) is 6.03 Å². The van der Waals surface area contributed by atoms with Gasteiger partial charge in [-0.05, 0) is 11.6 Å². The predicted octanol–water partition coefficient (Wildman–Crippen LogP) is 1.25. The molecule has 1 aromatic rings. The molecule has 0 aliphatic heterocycles. The minimum absolute atomic E-state index is 0.209. The van der Waals surface area contributed by atoms with E-state index in [2.05, 4.69) is 5.32 Å². The Morgan fingerprint density at radius 2 is 2.19 bits per heavy atom. The summed E-state index contributed by atoms with van der Waals surface area (Å²) in [5, 5.41) is 2.76. The molecule has 0 fully saturated rings. The summed E-state index contributed by atoms with van der Waals surface area (Å²) in [5.74, 6) is 0.609. The van der Waals surface area contributed by atoms with Crippen LogP contribution in [0.4, 0.5) is 10.5 Å². The number of nitrogens with one attached hydrogen (secondary N) is 1. The minimum atomic E-state index is -0.209. The molecule has 0 aliphatic rings. The van der Waals surface area contributed by atoms with Gasteiger partial charge in [-0.1, -0.05) is 12.1 Å². The quantitative estimate of drug-likeness (QED) is 0.810. The van der Waals surface area contributed by atoms with E-state index in [0.717, 1.165) is 5.56 Å². The smallest absolute Gasteiger partial charge is 0.321 e. The highest BCUT2D eigenvalue weighted by atomic mass is 16.5. The van der Waals surface area contributed by atoms with Crippen LogP contribution in [0.1, 0.15) is 5.56 Å². The molecule has 0 heterocycles. The molecule has 88 valence electrons. The molecule has 0 atom stereocenters. The SMILES string of the molecule is COc1cccc(CN)c1NC(=O)N(C)C. The molecule has 1 rings (SSSR count). The number of carbonyl (C=O) groups is 1. The van der Waals surface area contributed by atoms with Crippen molar-refractivity contribution in [3.63, 3.8) is 0 Å². The molecule has 2 amide bonds. The number of hydrogen-bond acceptors (Lipinski definition) is 3. The molecule has 5 nitrogen and oxygen atoms in total. The summed E-state index contributed by atoms with van der Waals surface area (Å²) in [6, 6.07) is 5.27. The summed E-state index contributed by atoms with van der Waals surface area (Å²) in [6.07, 6.45) is 0. The molecule has 0 unspecified atom stereocenters. The lowest BCUT2D eigenvalue weighted by molar-refractivity contribution is 0.230. The van der Waals surface area contributed by atoms with Crippen molar-refractivity contribution in [2.75, 3.05) is 26.5 Å². The second kappa shape index (κ2) is 5.37. The fourth-order valence-electron chi connectivity index (χ4n) is 1.28. The van der Waals surface area contributed by atoms with Gasteiger partial charge in [0.1, 0.15) is 5.75 Å². The topological polar surface area (TPSA) is 67.6 Å². The van der Waals surface area contributed by atoms with Crippen LogP contribution >= 0.6 is 0 Å². The van der Waals surface area contributed by atoms with Gasteiger partial charge in [-0.25, -0.2) is 4.79 Å². The first kappa shape index (κ1) is 12.3. The third-order valence-corrected chi connectivity index (χ3v) is 2.19. The first-order valence-corrected chi connectivity index (χ1v) is 4.94. The number of nitrogens with two attached hydrogens (primary N) is 1. The standard InChI is InChI=1S/C11H17N3O2/c1-14(2)11(15)13-10-8(7-12)5-4-6-9(10)16-3/h4-6H,7,12H2,1-3H3,(H,13,15). The summed E-state index contributed by atoms with van der Waals surface area (Å²) < 4.78 is 5.18. The zero-order chi connectivity index (χ0) is 12.1. The third-order valence-electron chi connectivity index (χ3n) is 2.19. The van der Waals surface area contributed by atoms with Crippen molar-refractivity contribution in [3.8, 4) is 5.75 Å². The highest BCUT2D eigenvalue weighted by Gasteiger charge is 2.12. The van der Waals surface area contributed by atoms with Gasteiger partial charge in [0.25, 0.3) is 0 Å². The molecular formula is C11H17N3O2. The molecule has 0 saturated heterocycles. The number of anilines is 1. The number of methoxy groups -OCH3 is 1. The van der Waals surface area contributed by atoms with E-state index in [1.807, 2.05) is 12.1 Å². The van der Waals surface area contributed by atoms with Crippen LogP contribution in [-0.2, 0) is 6.54 Å². The van der Waals surface area contributed by atoms with Crippen LogP contribution in [0.25, 0.3) is 0 Å². The molecule has 0 saturated carbocycles. The molecule has 0 bridgehead atoms. The van der Waals surface area contributed by atoms with Gasteiger partial charge in [-0.2, -0.15) is 0 Å². The van der Waals surface area contributed by atoms with Gasteiger partial charge in [0, 0.05) is 20.6 Å². The van der Waals surface area contributed by atoms with E-state index in [9.17, 15) is 4.79 Å². The second-order valence-corrected chi connectivity index (χ2v) is 3.52. The van der Waals surface area contributed by atoms with Crippen molar-refractivity contribution in [2.45, 2.75) is 6.54 Å². The zero-order valence-electron chi connectivity index (χ0n) is 9.78. The molecule has 0 aliphatic carbocycles. The van der Waals surface area contributed by atoms with E-state index in [1.54, 1.807) is 27.3 Å². The van der Waals surface area contributed by atoms with Gasteiger partial charge in [0.05, 0.1) is 12.8 Å². The molecule has 5 heteroatoms. The molecule has 0 aromatic heterocycles. The molecule has 1 aromatic carbocycles. The number of benzene rings is 1. The summed E-state index contributed by atoms with van der Waals surface area (Å²) in [5.41, 5.74) is 7.08. The monoisotopic (exact) mass is 223 g/mol. The highest BCUT2D eigenvalue weighted by Crippen LogP contribution is 2.28. The Hall–Kier alpha value is -1.75. The maximum absolute atomic E-state index is 11.6. The van der Waals surface area contributed by atoms with Crippen molar-refractivity contribution in [2.24, 2.45) is 5.73 Å². The van der Waals surface area contributed by atoms with Crippen molar-refractivity contribution < 1.29 is 9.53 Å². The lowest BCUT2D eigenvalue weighted by atomic mass is 10.1. The zero-order valence-corrected chi connectivity index (χ0v) is 9.78. The molecule has 0 radical (unpaired) electrons. The van der Waals surface area contributed by atoms with Crippen LogP contribution < -0.4 is 15.8 Å². The average Bonchev–Trinajstić information content (AvgIpc) is 2.29. The Bertz CT molecular complexity index is 355. The van der Waals surface area contributed by atoms with Gasteiger partial charge in [0.15, 0.2) is 0 Å². The maximum atomic E-state index is 11.6. The maximum Gasteiger partial charge on any atom is 0.321 e. The normalized spacial score (nSPS) is 9.75. The van der Waals surface area contributed by atoms with Crippen LogP contribution in [0.15, 0.2) is 18.2 Å². The lowest BCUT2D eigenvalue weighted by Gasteiger charge is -2.17. The summed E-state index contributed by atoms with van der Waals surface area (Å²) in [6.45, 7) is 0.347. The molecule has 0 spiro atoms. The highest BCUT2D eigenvalue weighted by molar-refractivity contribution is 5.91. The van der Waals surface area contributed by atoms with Crippen LogP contribution in [-0.4, -0.2) is 32.1 Å². The third kappa shape index (κ3) is 2.64. The number of rotatable bonds is 3. The van der Waals surface area contributed by atoms with Gasteiger partial charge < -0.3 is 20.7 Å². The largest absolute Gasteiger partial charge is 0.495 e. The predicted molar refractivity (Wildman–Crippen MR) is 63.6 cm³/mol. The molecular weight excluding hydrogens is 206 g/mol. The number of carbonyl (C=O) groups excluding carboxylic acids is 1. The Labute approximate surface area is 95.2 Å². The van der Waals surface area contributed by atoms with E-state index in [4.69, 9.17) is 10.5 Å².